The van der Waals surface area contributed by atoms with Gasteiger partial charge in [-0.1, -0.05) is 84.9 Å². The van der Waals surface area contributed by atoms with Crippen LogP contribution in [0, 0.1) is 0 Å². The third-order valence-corrected chi connectivity index (χ3v) is 6.44. The number of amides is 2. The van der Waals surface area contributed by atoms with Gasteiger partial charge in [0.1, 0.15) is 0 Å². The molecule has 0 aliphatic heterocycles. The van der Waals surface area contributed by atoms with Crippen LogP contribution in [0.15, 0.2) is 95.1 Å². The molecular formula is C26H26N4O2S2. The van der Waals surface area contributed by atoms with Crippen LogP contribution in [0.25, 0.3) is 0 Å². The molecule has 34 heavy (non-hydrogen) atoms. The van der Waals surface area contributed by atoms with Crippen molar-refractivity contribution in [2.45, 2.75) is 11.5 Å². The van der Waals surface area contributed by atoms with E-state index in [4.69, 9.17) is 0 Å². The molecule has 6 nitrogen and oxygen atoms in total. The summed E-state index contributed by atoms with van der Waals surface area (Å²) in [5.74, 6) is 1.98. The molecule has 3 aromatic carbocycles. The molecule has 0 aliphatic carbocycles. The molecule has 2 amide bonds. The first-order valence-electron chi connectivity index (χ1n) is 10.7. The largest absolute Gasteiger partial charge is 0.272 e. The molecule has 0 aliphatic rings. The summed E-state index contributed by atoms with van der Waals surface area (Å²) in [5, 5.41) is 8.00. The van der Waals surface area contributed by atoms with E-state index in [1.54, 1.807) is 36.0 Å². The van der Waals surface area contributed by atoms with E-state index in [0.717, 1.165) is 22.6 Å². The molecule has 0 heterocycles. The first kappa shape index (κ1) is 25.3. The Balaban J connectivity index is 1.31. The number of nitrogens with zero attached hydrogens (tertiary/aromatic N) is 2. The molecule has 3 aromatic rings. The zero-order chi connectivity index (χ0) is 23.8. The van der Waals surface area contributed by atoms with Crippen LogP contribution < -0.4 is 10.9 Å². The summed E-state index contributed by atoms with van der Waals surface area (Å²) >= 11 is 3.09. The van der Waals surface area contributed by atoms with Crippen LogP contribution in [0.1, 0.15) is 22.3 Å². The van der Waals surface area contributed by atoms with Crippen LogP contribution in [0.3, 0.4) is 0 Å². The van der Waals surface area contributed by atoms with Gasteiger partial charge in [0.15, 0.2) is 0 Å². The van der Waals surface area contributed by atoms with Crippen LogP contribution in [0.2, 0.25) is 0 Å². The minimum absolute atomic E-state index is 0.140. The molecular weight excluding hydrogens is 464 g/mol. The van der Waals surface area contributed by atoms with E-state index in [2.05, 4.69) is 21.1 Å². The lowest BCUT2D eigenvalue weighted by atomic mass is 10.2. The zero-order valence-electron chi connectivity index (χ0n) is 18.6. The number of benzene rings is 3. The van der Waals surface area contributed by atoms with Crippen molar-refractivity contribution < 1.29 is 9.59 Å². The highest BCUT2D eigenvalue weighted by Crippen LogP contribution is 2.12. The molecule has 0 spiro atoms. The zero-order valence-corrected chi connectivity index (χ0v) is 20.2. The maximum atomic E-state index is 11.9. The summed E-state index contributed by atoms with van der Waals surface area (Å²) in [7, 11) is 0. The predicted molar refractivity (Wildman–Crippen MR) is 143 cm³/mol. The fourth-order valence-electron chi connectivity index (χ4n) is 2.76. The number of nitrogens with one attached hydrogen (secondary N) is 2. The SMILES string of the molecule is O=C(CSCc1ccccc1)N/N=C\c1ccc(/C=N\NC(=O)CSCc2ccccc2)cc1. The Morgan fingerprint density at radius 3 is 1.38 bits per heavy atom. The van der Waals surface area contributed by atoms with Gasteiger partial charge < -0.3 is 0 Å². The number of hydrazone groups is 2. The Kier molecular flexibility index (Phi) is 10.9. The molecule has 0 atom stereocenters. The van der Waals surface area contributed by atoms with E-state index in [-0.39, 0.29) is 11.8 Å². The van der Waals surface area contributed by atoms with Crippen LogP contribution >= 0.6 is 23.5 Å². The number of hydrogen-bond acceptors (Lipinski definition) is 6. The van der Waals surface area contributed by atoms with E-state index in [1.807, 2.05) is 84.9 Å². The van der Waals surface area contributed by atoms with Gasteiger partial charge in [-0.25, -0.2) is 10.9 Å². The van der Waals surface area contributed by atoms with E-state index in [9.17, 15) is 9.59 Å². The third kappa shape index (κ3) is 10.1. The summed E-state index contributed by atoms with van der Waals surface area (Å²) in [4.78, 5) is 23.8. The van der Waals surface area contributed by atoms with Gasteiger partial charge >= 0.3 is 0 Å². The summed E-state index contributed by atoms with van der Waals surface area (Å²) in [6, 6.07) is 27.5. The second-order valence-electron chi connectivity index (χ2n) is 7.21. The van der Waals surface area contributed by atoms with Crippen molar-refractivity contribution in [2.75, 3.05) is 11.5 Å². The number of rotatable bonds is 12. The van der Waals surface area contributed by atoms with Gasteiger partial charge in [-0.05, 0) is 22.3 Å². The number of thioether (sulfide) groups is 2. The van der Waals surface area contributed by atoms with Crippen LogP contribution in [-0.2, 0) is 21.1 Å². The fraction of sp³-hybridized carbons (Fsp3) is 0.154. The Morgan fingerprint density at radius 2 is 1.00 bits per heavy atom. The molecule has 0 radical (unpaired) electrons. The third-order valence-electron chi connectivity index (χ3n) is 4.43. The predicted octanol–water partition coefficient (Wildman–Crippen LogP) is 4.45. The lowest BCUT2D eigenvalue weighted by Gasteiger charge is -2.02. The van der Waals surface area contributed by atoms with Gasteiger partial charge in [0, 0.05) is 11.5 Å². The maximum Gasteiger partial charge on any atom is 0.250 e. The standard InChI is InChI=1S/C26H26N4O2S2/c31-25(19-33-17-23-7-3-1-4-8-23)29-27-15-21-11-13-22(14-12-21)16-28-30-26(32)20-34-18-24-9-5-2-6-10-24/h1-16H,17-20H2,(H,29,31)(H,30,32)/b27-15-,28-16-. The monoisotopic (exact) mass is 490 g/mol. The highest BCUT2D eigenvalue weighted by molar-refractivity contribution is 7.99. The van der Waals surface area contributed by atoms with E-state index < -0.39 is 0 Å². The van der Waals surface area contributed by atoms with Crippen LogP contribution in [0.5, 0.6) is 0 Å². The van der Waals surface area contributed by atoms with Gasteiger partial charge in [-0.15, -0.1) is 23.5 Å². The van der Waals surface area contributed by atoms with Crippen molar-refractivity contribution in [3.63, 3.8) is 0 Å². The van der Waals surface area contributed by atoms with E-state index in [0.29, 0.717) is 11.5 Å². The quantitative estimate of drug-likeness (QED) is 0.290. The van der Waals surface area contributed by atoms with Crippen LogP contribution in [0.4, 0.5) is 0 Å². The van der Waals surface area contributed by atoms with Crippen LogP contribution in [-0.4, -0.2) is 35.7 Å². The first-order valence-corrected chi connectivity index (χ1v) is 13.0. The molecule has 0 fully saturated rings. The van der Waals surface area contributed by atoms with E-state index >= 15 is 0 Å². The van der Waals surface area contributed by atoms with Crippen molar-refractivity contribution in [2.24, 2.45) is 10.2 Å². The van der Waals surface area contributed by atoms with Gasteiger partial charge in [0.25, 0.3) is 0 Å². The van der Waals surface area contributed by atoms with Gasteiger partial charge in [0.2, 0.25) is 11.8 Å². The Labute approximate surface area is 208 Å². The van der Waals surface area contributed by atoms with Gasteiger partial charge in [-0.3, -0.25) is 9.59 Å². The molecule has 0 saturated carbocycles. The van der Waals surface area contributed by atoms with Gasteiger partial charge in [-0.2, -0.15) is 10.2 Å². The highest BCUT2D eigenvalue weighted by Gasteiger charge is 2.01. The molecule has 8 heteroatoms. The normalized spacial score (nSPS) is 11.1. The highest BCUT2D eigenvalue weighted by atomic mass is 32.2. The number of hydrogen-bond donors (Lipinski definition) is 2. The van der Waals surface area contributed by atoms with Crippen molar-refractivity contribution in [3.8, 4) is 0 Å². The molecule has 0 bridgehead atoms. The summed E-state index contributed by atoms with van der Waals surface area (Å²) in [6.45, 7) is 0. The van der Waals surface area contributed by atoms with E-state index in [1.165, 1.54) is 11.1 Å². The van der Waals surface area contributed by atoms with Crippen molar-refractivity contribution in [1.29, 1.82) is 0 Å². The number of carbonyl (C=O) groups is 2. The Bertz CT molecular complexity index is 1000. The lowest BCUT2D eigenvalue weighted by molar-refractivity contribution is -0.119. The minimum Gasteiger partial charge on any atom is -0.272 e. The smallest absolute Gasteiger partial charge is 0.250 e. The Morgan fingerprint density at radius 1 is 0.618 bits per heavy atom. The molecule has 0 saturated heterocycles. The first-order chi connectivity index (χ1) is 16.7. The van der Waals surface area contributed by atoms with Gasteiger partial charge in [0.05, 0.1) is 23.9 Å². The Hall–Kier alpha value is -3.36. The topological polar surface area (TPSA) is 82.9 Å². The van der Waals surface area contributed by atoms with Crippen molar-refractivity contribution >= 4 is 47.8 Å². The summed E-state index contributed by atoms with van der Waals surface area (Å²) in [5.41, 5.74) is 9.14. The molecule has 2 N–H and O–H groups in total. The van der Waals surface area contributed by atoms with Crippen molar-refractivity contribution in [1.82, 2.24) is 10.9 Å². The molecule has 174 valence electrons. The summed E-state index contributed by atoms with van der Waals surface area (Å²) in [6.07, 6.45) is 3.18. The van der Waals surface area contributed by atoms with Crippen molar-refractivity contribution in [3.05, 3.63) is 107 Å². The molecule has 0 unspecified atom stereocenters. The lowest BCUT2D eigenvalue weighted by Crippen LogP contribution is -2.19. The maximum absolute atomic E-state index is 11.9. The fourth-order valence-corrected chi connectivity index (χ4v) is 4.32. The number of carbonyl (C=O) groups excluding carboxylic acids is 2. The average Bonchev–Trinajstić information content (AvgIpc) is 2.86. The second-order valence-corrected chi connectivity index (χ2v) is 9.18. The molecule has 0 aromatic heterocycles. The summed E-state index contributed by atoms with van der Waals surface area (Å²) < 4.78 is 0. The average molecular weight is 491 g/mol. The molecule has 3 rings (SSSR count). The minimum atomic E-state index is -0.140. The second kappa shape index (κ2) is 14.7.